The lowest BCUT2D eigenvalue weighted by Crippen LogP contribution is -2.11. The molecule has 0 radical (unpaired) electrons. The van der Waals surface area contributed by atoms with Crippen LogP contribution in [0.3, 0.4) is 0 Å². The third-order valence-corrected chi connectivity index (χ3v) is 3.81. The minimum absolute atomic E-state index is 0.107. The van der Waals surface area contributed by atoms with Crippen LogP contribution in [0.15, 0.2) is 30.3 Å². The van der Waals surface area contributed by atoms with Crippen molar-refractivity contribution in [2.45, 2.75) is 58.3 Å². The second-order valence-corrected chi connectivity index (χ2v) is 5.69. The summed E-state index contributed by atoms with van der Waals surface area (Å²) in [4.78, 5) is 15.1. The van der Waals surface area contributed by atoms with E-state index in [-0.39, 0.29) is 5.91 Å². The number of benzene rings is 1. The van der Waals surface area contributed by atoms with Gasteiger partial charge in [-0.15, -0.1) is 0 Å². The van der Waals surface area contributed by atoms with Crippen molar-refractivity contribution in [1.82, 2.24) is 4.98 Å². The number of para-hydroxylation sites is 1. The van der Waals surface area contributed by atoms with Crippen LogP contribution in [0.25, 0.3) is 10.9 Å². The minimum Gasteiger partial charge on any atom is -0.341 e. The zero-order valence-corrected chi connectivity index (χ0v) is 13.0. The van der Waals surface area contributed by atoms with E-state index in [0.717, 1.165) is 29.6 Å². The van der Waals surface area contributed by atoms with E-state index >= 15 is 0 Å². The number of carbonyl (C=O) groups excluding carboxylic acids is 1. The van der Waals surface area contributed by atoms with Crippen LogP contribution in [0.1, 0.15) is 58.3 Å². The molecule has 0 saturated carbocycles. The molecule has 1 amide bonds. The molecule has 0 spiro atoms. The fourth-order valence-corrected chi connectivity index (χ4v) is 2.60. The van der Waals surface area contributed by atoms with E-state index in [1.165, 1.54) is 32.1 Å². The minimum atomic E-state index is 0.107. The highest BCUT2D eigenvalue weighted by Crippen LogP contribution is 2.18. The van der Waals surface area contributed by atoms with E-state index in [9.17, 15) is 4.79 Å². The molecule has 2 rings (SSSR count). The number of aromatic nitrogens is 1. The molecule has 0 bridgehead atoms. The van der Waals surface area contributed by atoms with E-state index < -0.39 is 0 Å². The highest BCUT2D eigenvalue weighted by molar-refractivity contribution is 5.93. The second-order valence-electron chi connectivity index (χ2n) is 5.69. The second kappa shape index (κ2) is 8.50. The lowest BCUT2D eigenvalue weighted by atomic mass is 10.1. The third-order valence-electron chi connectivity index (χ3n) is 3.81. The molecule has 0 aliphatic heterocycles. The predicted molar refractivity (Wildman–Crippen MR) is 89.5 cm³/mol. The van der Waals surface area contributed by atoms with E-state index in [1.807, 2.05) is 30.3 Å². The van der Waals surface area contributed by atoms with Crippen LogP contribution in [-0.4, -0.2) is 10.9 Å². The largest absolute Gasteiger partial charge is 0.341 e. The number of amides is 1. The van der Waals surface area contributed by atoms with Crippen molar-refractivity contribution in [3.63, 3.8) is 0 Å². The van der Waals surface area contributed by atoms with Gasteiger partial charge in [-0.2, -0.15) is 0 Å². The molecule has 3 nitrogen and oxygen atoms in total. The summed E-state index contributed by atoms with van der Waals surface area (Å²) in [6, 6.07) is 10.0. The van der Waals surface area contributed by atoms with Gasteiger partial charge in [-0.3, -0.25) is 4.79 Å². The van der Waals surface area contributed by atoms with Crippen molar-refractivity contribution in [2.24, 2.45) is 0 Å². The summed E-state index contributed by atoms with van der Waals surface area (Å²) >= 11 is 0. The van der Waals surface area contributed by atoms with E-state index in [1.54, 1.807) is 0 Å². The first kappa shape index (κ1) is 15.6. The number of aromatic amines is 1. The van der Waals surface area contributed by atoms with Gasteiger partial charge in [-0.1, -0.05) is 63.6 Å². The van der Waals surface area contributed by atoms with Gasteiger partial charge in [0.1, 0.15) is 5.82 Å². The van der Waals surface area contributed by atoms with E-state index in [2.05, 4.69) is 17.2 Å². The summed E-state index contributed by atoms with van der Waals surface area (Å²) in [5.41, 5.74) is 1.06. The van der Waals surface area contributed by atoms with Crippen molar-refractivity contribution in [3.05, 3.63) is 30.3 Å². The van der Waals surface area contributed by atoms with Crippen molar-refractivity contribution in [3.8, 4) is 0 Å². The molecular weight excluding hydrogens is 260 g/mol. The summed E-state index contributed by atoms with van der Waals surface area (Å²) < 4.78 is 0. The van der Waals surface area contributed by atoms with Gasteiger partial charge in [0.25, 0.3) is 0 Å². The van der Waals surface area contributed by atoms with Gasteiger partial charge in [0.2, 0.25) is 5.91 Å². The SMILES string of the molecule is CCCCCCCCCC(=O)Nc1cc2ccccc2[nH]1. The Morgan fingerprint density at radius 1 is 1.05 bits per heavy atom. The molecule has 2 aromatic rings. The Kier molecular flexibility index (Phi) is 6.32. The first-order chi connectivity index (χ1) is 10.3. The number of rotatable bonds is 9. The van der Waals surface area contributed by atoms with Crippen LogP contribution in [0.4, 0.5) is 5.82 Å². The van der Waals surface area contributed by atoms with Crippen LogP contribution in [0, 0.1) is 0 Å². The monoisotopic (exact) mass is 286 g/mol. The normalized spacial score (nSPS) is 10.9. The van der Waals surface area contributed by atoms with Gasteiger partial charge in [-0.25, -0.2) is 0 Å². The molecule has 2 N–H and O–H groups in total. The molecule has 0 atom stereocenters. The molecule has 1 heterocycles. The van der Waals surface area contributed by atoms with E-state index in [0.29, 0.717) is 6.42 Å². The number of hydrogen-bond acceptors (Lipinski definition) is 1. The lowest BCUT2D eigenvalue weighted by molar-refractivity contribution is -0.116. The highest BCUT2D eigenvalue weighted by atomic mass is 16.1. The van der Waals surface area contributed by atoms with Crippen molar-refractivity contribution < 1.29 is 4.79 Å². The Morgan fingerprint density at radius 3 is 2.52 bits per heavy atom. The molecule has 1 aromatic heterocycles. The van der Waals surface area contributed by atoms with Gasteiger partial charge >= 0.3 is 0 Å². The number of unbranched alkanes of at least 4 members (excludes halogenated alkanes) is 6. The molecule has 0 saturated heterocycles. The first-order valence-electron chi connectivity index (χ1n) is 8.17. The van der Waals surface area contributed by atoms with Gasteiger partial charge < -0.3 is 10.3 Å². The molecular formula is C18H26N2O. The summed E-state index contributed by atoms with van der Waals surface area (Å²) in [5, 5.41) is 4.08. The summed E-state index contributed by atoms with van der Waals surface area (Å²) in [5.74, 6) is 0.902. The highest BCUT2D eigenvalue weighted by Gasteiger charge is 2.05. The van der Waals surface area contributed by atoms with Crippen molar-refractivity contribution >= 4 is 22.6 Å². The Bertz CT molecular complexity index is 526. The molecule has 114 valence electrons. The fourth-order valence-electron chi connectivity index (χ4n) is 2.60. The molecule has 0 fully saturated rings. The number of carbonyl (C=O) groups is 1. The zero-order chi connectivity index (χ0) is 14.9. The van der Waals surface area contributed by atoms with Gasteiger partial charge in [0.05, 0.1) is 0 Å². The summed E-state index contributed by atoms with van der Waals surface area (Å²) in [6.45, 7) is 2.23. The Hall–Kier alpha value is -1.77. The molecule has 0 aliphatic rings. The maximum atomic E-state index is 11.9. The molecule has 0 unspecified atom stereocenters. The van der Waals surface area contributed by atoms with Gasteiger partial charge in [0.15, 0.2) is 0 Å². The van der Waals surface area contributed by atoms with Crippen LogP contribution < -0.4 is 5.32 Å². The lowest BCUT2D eigenvalue weighted by Gasteiger charge is -2.03. The van der Waals surface area contributed by atoms with Crippen LogP contribution in [0.5, 0.6) is 0 Å². The summed E-state index contributed by atoms with van der Waals surface area (Å²) in [6.07, 6.45) is 9.26. The van der Waals surface area contributed by atoms with Crippen molar-refractivity contribution in [1.29, 1.82) is 0 Å². The summed E-state index contributed by atoms with van der Waals surface area (Å²) in [7, 11) is 0. The maximum Gasteiger partial charge on any atom is 0.225 e. The van der Waals surface area contributed by atoms with E-state index in [4.69, 9.17) is 0 Å². The molecule has 21 heavy (non-hydrogen) atoms. The Balaban J connectivity index is 1.65. The number of hydrogen-bond donors (Lipinski definition) is 2. The van der Waals surface area contributed by atoms with Crippen LogP contribution >= 0.6 is 0 Å². The van der Waals surface area contributed by atoms with Gasteiger partial charge in [0, 0.05) is 17.3 Å². The first-order valence-corrected chi connectivity index (χ1v) is 8.17. The topological polar surface area (TPSA) is 44.9 Å². The van der Waals surface area contributed by atoms with Crippen LogP contribution in [0.2, 0.25) is 0 Å². The standard InChI is InChI=1S/C18H26N2O/c1-2-3-4-5-6-7-8-13-18(21)20-17-14-15-11-9-10-12-16(15)19-17/h9-12,14,19H,2-8,13H2,1H3,(H,20,21). The quantitative estimate of drug-likeness (QED) is 0.608. The van der Waals surface area contributed by atoms with Crippen LogP contribution in [-0.2, 0) is 4.79 Å². The van der Waals surface area contributed by atoms with Crippen molar-refractivity contribution in [2.75, 3.05) is 5.32 Å². The third kappa shape index (κ3) is 5.25. The molecule has 3 heteroatoms. The number of anilines is 1. The average Bonchev–Trinajstić information content (AvgIpc) is 2.88. The molecule has 0 aliphatic carbocycles. The smallest absolute Gasteiger partial charge is 0.225 e. The number of fused-ring (bicyclic) bond motifs is 1. The number of nitrogens with one attached hydrogen (secondary N) is 2. The average molecular weight is 286 g/mol. The predicted octanol–water partition coefficient (Wildman–Crippen LogP) is 5.25. The number of H-pyrrole nitrogens is 1. The Morgan fingerprint density at radius 2 is 1.76 bits per heavy atom. The zero-order valence-electron chi connectivity index (χ0n) is 13.0. The molecule has 1 aromatic carbocycles. The Labute approximate surface area is 127 Å². The van der Waals surface area contributed by atoms with Gasteiger partial charge in [-0.05, 0) is 18.6 Å². The maximum absolute atomic E-state index is 11.9. The fraction of sp³-hybridized carbons (Fsp3) is 0.500.